The third-order valence-electron chi connectivity index (χ3n) is 6.57. The minimum absolute atomic E-state index is 0.0667. The molecular weight excluding hydrogens is 426 g/mol. The van der Waals surface area contributed by atoms with Gasteiger partial charge in [0.05, 0.1) is 18.7 Å². The summed E-state index contributed by atoms with van der Waals surface area (Å²) in [7, 11) is 1.79. The molecule has 3 atom stereocenters. The number of aromatic nitrogens is 2. The molecule has 3 N–H and O–H groups in total. The highest BCUT2D eigenvalue weighted by Gasteiger charge is 2.42. The largest absolute Gasteiger partial charge is 0.359 e. The number of likely N-dealkylation sites (tertiary alicyclic amines) is 1. The lowest BCUT2D eigenvalue weighted by atomic mass is 10.1. The molecule has 178 valence electrons. The van der Waals surface area contributed by atoms with E-state index in [0.717, 1.165) is 29.7 Å². The second kappa shape index (κ2) is 9.63. The molecule has 3 fully saturated rings. The molecule has 0 bridgehead atoms. The Labute approximate surface area is 192 Å². The maximum Gasteiger partial charge on any atom is 0.264 e. The van der Waals surface area contributed by atoms with Crippen LogP contribution in [0, 0.1) is 11.8 Å². The van der Waals surface area contributed by atoms with Crippen LogP contribution in [-0.2, 0) is 26.2 Å². The highest BCUT2D eigenvalue weighted by molar-refractivity contribution is 5.94. The first kappa shape index (κ1) is 22.8. The van der Waals surface area contributed by atoms with Crippen molar-refractivity contribution < 1.29 is 19.2 Å². The lowest BCUT2D eigenvalue weighted by Gasteiger charge is -2.31. The van der Waals surface area contributed by atoms with Crippen LogP contribution in [-0.4, -0.2) is 75.0 Å². The molecule has 33 heavy (non-hydrogen) atoms. The van der Waals surface area contributed by atoms with E-state index in [2.05, 4.69) is 27.7 Å². The molecule has 0 spiro atoms. The van der Waals surface area contributed by atoms with Crippen LogP contribution in [0.25, 0.3) is 0 Å². The van der Waals surface area contributed by atoms with Crippen LogP contribution >= 0.6 is 0 Å². The molecule has 3 aliphatic rings. The van der Waals surface area contributed by atoms with Gasteiger partial charge in [-0.1, -0.05) is 19.4 Å². The van der Waals surface area contributed by atoms with Gasteiger partial charge >= 0.3 is 0 Å². The summed E-state index contributed by atoms with van der Waals surface area (Å²) >= 11 is 0. The first-order chi connectivity index (χ1) is 15.9. The number of hydrazine groups is 1. The number of hydrogen-bond acceptors (Lipinski definition) is 6. The van der Waals surface area contributed by atoms with Gasteiger partial charge in [-0.05, 0) is 31.3 Å². The summed E-state index contributed by atoms with van der Waals surface area (Å²) in [4.78, 5) is 52.5. The second-order valence-corrected chi connectivity index (χ2v) is 8.96. The van der Waals surface area contributed by atoms with Gasteiger partial charge in [-0.15, -0.1) is 0 Å². The molecule has 1 aromatic heterocycles. The highest BCUT2D eigenvalue weighted by Crippen LogP contribution is 2.36. The quantitative estimate of drug-likeness (QED) is 0.348. The van der Waals surface area contributed by atoms with Crippen molar-refractivity contribution in [3.63, 3.8) is 0 Å². The molecule has 4 amide bonds. The van der Waals surface area contributed by atoms with Crippen molar-refractivity contribution in [3.05, 3.63) is 24.9 Å². The van der Waals surface area contributed by atoms with Gasteiger partial charge < -0.3 is 15.5 Å². The number of aryl methyl sites for hydroxylation is 1. The van der Waals surface area contributed by atoms with Gasteiger partial charge in [0.2, 0.25) is 11.8 Å². The van der Waals surface area contributed by atoms with Crippen LogP contribution in [0.4, 0.5) is 5.82 Å². The van der Waals surface area contributed by atoms with Gasteiger partial charge in [-0.25, -0.2) is 5.01 Å². The average molecular weight is 458 g/mol. The lowest BCUT2D eigenvalue weighted by molar-refractivity contribution is -0.145. The summed E-state index contributed by atoms with van der Waals surface area (Å²) in [6, 6.07) is 0.672. The van der Waals surface area contributed by atoms with Gasteiger partial charge in [-0.3, -0.25) is 29.3 Å². The zero-order valence-electron chi connectivity index (χ0n) is 18.8. The van der Waals surface area contributed by atoms with E-state index < -0.39 is 29.8 Å². The van der Waals surface area contributed by atoms with E-state index >= 15 is 0 Å². The fourth-order valence-electron chi connectivity index (χ4n) is 4.43. The molecule has 0 unspecified atom stereocenters. The summed E-state index contributed by atoms with van der Waals surface area (Å²) in [6.45, 7) is 4.56. The molecule has 1 aliphatic carbocycles. The summed E-state index contributed by atoms with van der Waals surface area (Å²) in [5.74, 6) is -0.454. The van der Waals surface area contributed by atoms with Crippen LogP contribution in [0.1, 0.15) is 32.1 Å². The van der Waals surface area contributed by atoms with Gasteiger partial charge in [-0.2, -0.15) is 5.10 Å². The Morgan fingerprint density at radius 2 is 2.12 bits per heavy atom. The van der Waals surface area contributed by atoms with Crippen LogP contribution in [0.5, 0.6) is 0 Å². The van der Waals surface area contributed by atoms with Crippen molar-refractivity contribution in [2.75, 3.05) is 25.0 Å². The maximum atomic E-state index is 13.3. The second-order valence-electron chi connectivity index (χ2n) is 8.96. The Bertz CT molecular complexity index is 941. The number of rotatable bonds is 9. The number of anilines is 1. The predicted molar refractivity (Wildman–Crippen MR) is 119 cm³/mol. The molecule has 11 heteroatoms. The maximum absolute atomic E-state index is 13.3. The predicted octanol–water partition coefficient (Wildman–Crippen LogP) is -0.216. The molecule has 0 aromatic carbocycles. The van der Waals surface area contributed by atoms with Crippen molar-refractivity contribution in [2.45, 2.75) is 44.2 Å². The van der Waals surface area contributed by atoms with Crippen LogP contribution in [0.2, 0.25) is 0 Å². The van der Waals surface area contributed by atoms with Crippen LogP contribution < -0.4 is 16.1 Å². The number of hydrogen-bond donors (Lipinski definition) is 3. The monoisotopic (exact) mass is 457 g/mol. The Balaban J connectivity index is 1.45. The van der Waals surface area contributed by atoms with E-state index in [9.17, 15) is 19.2 Å². The van der Waals surface area contributed by atoms with Gasteiger partial charge in [0.25, 0.3) is 11.8 Å². The summed E-state index contributed by atoms with van der Waals surface area (Å²) in [5.41, 5.74) is 2.68. The Hall–Kier alpha value is -3.37. The Kier molecular flexibility index (Phi) is 6.66. The van der Waals surface area contributed by atoms with E-state index in [0.29, 0.717) is 38.3 Å². The molecule has 0 radical (unpaired) electrons. The Morgan fingerprint density at radius 1 is 1.33 bits per heavy atom. The molecule has 1 aromatic rings. The third-order valence-corrected chi connectivity index (χ3v) is 6.57. The number of carbonyl (C=O) groups excluding carboxylic acids is 4. The third kappa shape index (κ3) is 5.18. The fraction of sp³-hybridized carbons (Fsp3) is 0.591. The summed E-state index contributed by atoms with van der Waals surface area (Å²) < 4.78 is 1.66. The first-order valence-electron chi connectivity index (χ1n) is 11.4. The molecule has 4 rings (SSSR count). The molecule has 2 aliphatic heterocycles. The summed E-state index contributed by atoms with van der Waals surface area (Å²) in [6.07, 6.45) is 6.52. The topological polar surface area (TPSA) is 129 Å². The number of amides is 4. The van der Waals surface area contributed by atoms with E-state index in [4.69, 9.17) is 0 Å². The lowest BCUT2D eigenvalue weighted by Crippen LogP contribution is -2.56. The Morgan fingerprint density at radius 3 is 2.73 bits per heavy atom. The van der Waals surface area contributed by atoms with Crippen molar-refractivity contribution in [2.24, 2.45) is 18.9 Å². The zero-order chi connectivity index (χ0) is 23.5. The van der Waals surface area contributed by atoms with Gasteiger partial charge in [0.1, 0.15) is 17.9 Å². The number of carbonyl (C=O) groups is 4. The van der Waals surface area contributed by atoms with Crippen LogP contribution in [0.3, 0.4) is 0 Å². The molecule has 3 heterocycles. The molecule has 11 nitrogen and oxygen atoms in total. The van der Waals surface area contributed by atoms with E-state index in [1.807, 2.05) is 0 Å². The van der Waals surface area contributed by atoms with Crippen molar-refractivity contribution in [3.8, 4) is 0 Å². The molecule has 1 saturated carbocycles. The van der Waals surface area contributed by atoms with Crippen molar-refractivity contribution >= 4 is 29.4 Å². The molecule has 2 saturated heterocycles. The van der Waals surface area contributed by atoms with E-state index in [1.165, 1.54) is 0 Å². The van der Waals surface area contributed by atoms with Gasteiger partial charge in [0, 0.05) is 26.2 Å². The fourth-order valence-corrected chi connectivity index (χ4v) is 4.43. The number of nitrogens with zero attached hydrogens (tertiary/aromatic N) is 4. The van der Waals surface area contributed by atoms with Crippen LogP contribution in [0.15, 0.2) is 24.9 Å². The van der Waals surface area contributed by atoms with Crippen molar-refractivity contribution in [1.29, 1.82) is 0 Å². The smallest absolute Gasteiger partial charge is 0.264 e. The first-order valence-corrected chi connectivity index (χ1v) is 11.4. The van der Waals surface area contributed by atoms with E-state index in [1.54, 1.807) is 28.9 Å². The molecular formula is C22H31N7O4. The van der Waals surface area contributed by atoms with Crippen molar-refractivity contribution in [1.82, 2.24) is 30.4 Å². The zero-order valence-corrected chi connectivity index (χ0v) is 18.8. The standard InChI is InChI=1S/C22H31N7O4/c1-3-19(30)29(13-15-6-9-23-20(15)31)26-21(32)17(12-14-4-5-14)28-11-8-16(22(28)33)25-18-7-10-24-27(18)2/h3,7,10,14-17,25H,1,4-6,8-9,11-13H2,2H3,(H,23,31)(H,26,32)/t15-,16-,17-/m0/s1. The van der Waals surface area contributed by atoms with Gasteiger partial charge in [0.15, 0.2) is 0 Å². The SMILES string of the molecule is C=CC(=O)N(C[C@@H]1CCNC1=O)NC(=O)[C@H](CC1CC1)N1CC[C@H](Nc2ccnn2C)C1=O. The minimum Gasteiger partial charge on any atom is -0.359 e. The average Bonchev–Trinajstić information content (AvgIpc) is 3.24. The minimum atomic E-state index is -0.680. The normalized spacial score (nSPS) is 23.2. The van der Waals surface area contributed by atoms with E-state index in [-0.39, 0.29) is 18.4 Å². The number of nitrogens with one attached hydrogen (secondary N) is 3. The summed E-state index contributed by atoms with van der Waals surface area (Å²) in [5, 5.41) is 11.2. The highest BCUT2D eigenvalue weighted by atomic mass is 16.2.